The lowest BCUT2D eigenvalue weighted by Crippen LogP contribution is -2.45. The maximum Gasteiger partial charge on any atom is 0.289 e. The lowest BCUT2D eigenvalue weighted by atomic mass is 9.99. The summed E-state index contributed by atoms with van der Waals surface area (Å²) in [5.74, 6) is 2.70. The van der Waals surface area contributed by atoms with E-state index in [1.165, 1.54) is 20.0 Å². The molecule has 2 N–H and O–H groups in total. The lowest BCUT2D eigenvalue weighted by molar-refractivity contribution is -0.123. The van der Waals surface area contributed by atoms with Crippen molar-refractivity contribution in [1.29, 1.82) is 0 Å². The number of nitrogens with one attached hydrogen (secondary N) is 2. The number of hydrogen-bond acceptors (Lipinski definition) is 8. The van der Waals surface area contributed by atoms with Crippen molar-refractivity contribution in [3.8, 4) is 17.2 Å². The van der Waals surface area contributed by atoms with E-state index in [4.69, 9.17) is 18.6 Å². The van der Waals surface area contributed by atoms with Crippen molar-refractivity contribution in [2.45, 2.75) is 57.8 Å². The number of benzene rings is 2. The van der Waals surface area contributed by atoms with Crippen LogP contribution in [0.25, 0.3) is 0 Å². The number of likely N-dealkylation sites (tertiary alicyclic amines) is 2. The van der Waals surface area contributed by atoms with Crippen LogP contribution < -0.4 is 24.8 Å². The fourth-order valence-electron chi connectivity index (χ4n) is 6.15. The van der Waals surface area contributed by atoms with E-state index in [9.17, 15) is 14.4 Å². The van der Waals surface area contributed by atoms with Crippen LogP contribution in [0.2, 0.25) is 0 Å². The van der Waals surface area contributed by atoms with Crippen molar-refractivity contribution < 1.29 is 33.0 Å². The first-order valence-electron chi connectivity index (χ1n) is 16.0. The SMILES string of the molecule is COc1ccc2cc1OCC(=O)NCc1ccc(cc1)O[C@H]1CN(C(=O)c3ccc(CN4CCC(C)CC4)o3)C[C@@H]1NC(=O)CC2. The van der Waals surface area contributed by atoms with Crippen LogP contribution in [0.15, 0.2) is 59.0 Å². The van der Waals surface area contributed by atoms with Gasteiger partial charge in [-0.3, -0.25) is 19.3 Å². The number of carbonyl (C=O) groups is 3. The molecule has 4 bridgehead atoms. The second-order valence-electron chi connectivity index (χ2n) is 12.5. The highest BCUT2D eigenvalue weighted by Gasteiger charge is 2.39. The van der Waals surface area contributed by atoms with Gasteiger partial charge in [0.2, 0.25) is 5.91 Å². The summed E-state index contributed by atoms with van der Waals surface area (Å²) in [5.41, 5.74) is 1.75. The molecule has 0 radical (unpaired) electrons. The molecule has 5 heterocycles. The zero-order valence-corrected chi connectivity index (χ0v) is 26.5. The number of ether oxygens (including phenoxy) is 3. The van der Waals surface area contributed by atoms with Crippen LogP contribution in [-0.4, -0.2) is 79.6 Å². The minimum absolute atomic E-state index is 0.157. The van der Waals surface area contributed by atoms with Gasteiger partial charge in [-0.05, 0) is 85.8 Å². The van der Waals surface area contributed by atoms with Crippen molar-refractivity contribution in [3.05, 3.63) is 77.2 Å². The molecule has 4 aliphatic rings. The highest BCUT2D eigenvalue weighted by molar-refractivity contribution is 5.92. The van der Waals surface area contributed by atoms with Crippen LogP contribution in [0, 0.1) is 5.92 Å². The van der Waals surface area contributed by atoms with E-state index in [1.807, 2.05) is 36.4 Å². The van der Waals surface area contributed by atoms with E-state index in [-0.39, 0.29) is 36.5 Å². The van der Waals surface area contributed by atoms with E-state index >= 15 is 0 Å². The molecular formula is C35H42N4O7. The van der Waals surface area contributed by atoms with Crippen LogP contribution >= 0.6 is 0 Å². The van der Waals surface area contributed by atoms with Gasteiger partial charge in [-0.15, -0.1) is 0 Å². The Labute approximate surface area is 269 Å². The third kappa shape index (κ3) is 7.82. The summed E-state index contributed by atoms with van der Waals surface area (Å²) in [5, 5.41) is 5.98. The van der Waals surface area contributed by atoms with Gasteiger partial charge in [0, 0.05) is 19.5 Å². The quantitative estimate of drug-likeness (QED) is 0.449. The Bertz CT molecular complexity index is 1530. The number of nitrogens with zero attached hydrogens (tertiary/aromatic N) is 2. The van der Waals surface area contributed by atoms with Crippen LogP contribution in [0.5, 0.6) is 17.2 Å². The topological polar surface area (TPSA) is 123 Å². The number of rotatable bonds is 4. The van der Waals surface area contributed by atoms with Crippen LogP contribution in [0.4, 0.5) is 0 Å². The van der Waals surface area contributed by atoms with Gasteiger partial charge in [0.15, 0.2) is 23.9 Å². The first-order chi connectivity index (χ1) is 22.3. The fraction of sp³-hybridized carbons (Fsp3) is 0.457. The summed E-state index contributed by atoms with van der Waals surface area (Å²) in [7, 11) is 1.54. The Morgan fingerprint density at radius 1 is 0.957 bits per heavy atom. The Balaban J connectivity index is 1.17. The van der Waals surface area contributed by atoms with E-state index < -0.39 is 12.1 Å². The molecule has 2 atom stereocenters. The number of furan rings is 1. The highest BCUT2D eigenvalue weighted by Crippen LogP contribution is 2.29. The fourth-order valence-corrected chi connectivity index (χ4v) is 6.15. The second-order valence-corrected chi connectivity index (χ2v) is 12.5. The molecule has 0 aliphatic carbocycles. The van der Waals surface area contributed by atoms with Crippen molar-refractivity contribution in [3.63, 3.8) is 0 Å². The molecular weight excluding hydrogens is 588 g/mol. The molecule has 244 valence electrons. The first-order valence-corrected chi connectivity index (χ1v) is 16.0. The van der Waals surface area contributed by atoms with Crippen LogP contribution in [0.1, 0.15) is 53.6 Å². The minimum atomic E-state index is -0.466. The van der Waals surface area contributed by atoms with Gasteiger partial charge in [-0.1, -0.05) is 25.1 Å². The molecule has 2 fully saturated rings. The number of carbonyl (C=O) groups excluding carboxylic acids is 3. The van der Waals surface area contributed by atoms with E-state index in [1.54, 1.807) is 23.1 Å². The highest BCUT2D eigenvalue weighted by atomic mass is 16.5. The number of hydrogen-bond donors (Lipinski definition) is 2. The Hall–Kier alpha value is -4.51. The normalized spacial score (nSPS) is 21.6. The molecule has 2 saturated heterocycles. The van der Waals surface area contributed by atoms with Gasteiger partial charge in [-0.2, -0.15) is 0 Å². The number of fused-ring (bicyclic) bond motifs is 9. The molecule has 0 saturated carbocycles. The maximum absolute atomic E-state index is 13.6. The van der Waals surface area contributed by atoms with Gasteiger partial charge in [0.05, 0.1) is 26.2 Å². The first kappa shape index (κ1) is 31.5. The average Bonchev–Trinajstić information content (AvgIpc) is 3.69. The summed E-state index contributed by atoms with van der Waals surface area (Å²) >= 11 is 0. The minimum Gasteiger partial charge on any atom is -0.493 e. The zero-order chi connectivity index (χ0) is 32.0. The van der Waals surface area contributed by atoms with Crippen LogP contribution in [0.3, 0.4) is 0 Å². The Morgan fingerprint density at radius 2 is 1.74 bits per heavy atom. The van der Waals surface area contributed by atoms with Gasteiger partial charge in [-0.25, -0.2) is 0 Å². The largest absolute Gasteiger partial charge is 0.493 e. The van der Waals surface area contributed by atoms with Crippen molar-refractivity contribution >= 4 is 17.7 Å². The lowest BCUT2D eigenvalue weighted by Gasteiger charge is -2.29. The summed E-state index contributed by atoms with van der Waals surface area (Å²) in [6, 6.07) is 16.0. The van der Waals surface area contributed by atoms with E-state index in [2.05, 4.69) is 22.5 Å². The predicted molar refractivity (Wildman–Crippen MR) is 170 cm³/mol. The molecule has 3 aromatic rings. The van der Waals surface area contributed by atoms with Crippen LogP contribution in [-0.2, 0) is 29.1 Å². The smallest absolute Gasteiger partial charge is 0.289 e. The third-order valence-corrected chi connectivity index (χ3v) is 8.96. The zero-order valence-electron chi connectivity index (χ0n) is 26.5. The third-order valence-electron chi connectivity index (χ3n) is 8.96. The standard InChI is InChI=1S/C35H42N4O7/c1-23-13-15-38(16-14-23)19-27-9-11-30(46-27)35(42)39-20-28-32(21-39)45-26-7-3-25(4-8-26)18-36-34(41)22-44-31-17-24(5-10-29(31)43-2)6-12-33(40)37-28/h3-5,7-11,17,23,28,32H,6,12-16,18-22H2,1-2H3,(H,36,41)(H,37,40)/t28-,32-/m0/s1. The number of aryl methyl sites for hydroxylation is 1. The average molecular weight is 631 g/mol. The summed E-state index contributed by atoms with van der Waals surface area (Å²) in [4.78, 5) is 43.3. The maximum atomic E-state index is 13.6. The summed E-state index contributed by atoms with van der Waals surface area (Å²) in [6.45, 7) is 5.77. The summed E-state index contributed by atoms with van der Waals surface area (Å²) in [6.07, 6.45) is 2.54. The van der Waals surface area contributed by atoms with E-state index in [0.29, 0.717) is 49.8 Å². The molecule has 0 spiro atoms. The van der Waals surface area contributed by atoms with Gasteiger partial charge >= 0.3 is 0 Å². The Kier molecular flexibility index (Phi) is 9.77. The molecule has 1 aromatic heterocycles. The molecule has 3 amide bonds. The number of methoxy groups -OCH3 is 1. The van der Waals surface area contributed by atoms with Gasteiger partial charge in [0.25, 0.3) is 11.8 Å². The predicted octanol–water partition coefficient (Wildman–Crippen LogP) is 3.55. The Morgan fingerprint density at radius 3 is 2.52 bits per heavy atom. The summed E-state index contributed by atoms with van der Waals surface area (Å²) < 4.78 is 23.5. The molecule has 11 nitrogen and oxygen atoms in total. The molecule has 7 rings (SSSR count). The van der Waals surface area contributed by atoms with E-state index in [0.717, 1.165) is 35.9 Å². The number of piperidine rings is 1. The molecule has 2 aromatic carbocycles. The van der Waals surface area contributed by atoms with Gasteiger partial charge in [0.1, 0.15) is 17.6 Å². The second kappa shape index (κ2) is 14.3. The van der Waals surface area contributed by atoms with Crippen molar-refractivity contribution in [2.75, 3.05) is 39.9 Å². The van der Waals surface area contributed by atoms with Gasteiger partial charge < -0.3 is 34.2 Å². The van der Waals surface area contributed by atoms with Crippen molar-refractivity contribution in [1.82, 2.24) is 20.4 Å². The number of amides is 3. The van der Waals surface area contributed by atoms with Crippen molar-refractivity contribution in [2.24, 2.45) is 5.92 Å². The monoisotopic (exact) mass is 630 g/mol. The molecule has 4 aliphatic heterocycles. The molecule has 46 heavy (non-hydrogen) atoms. The molecule has 11 heteroatoms. The molecule has 0 unspecified atom stereocenters.